The average molecular weight is 268 g/mol. The van der Waals surface area contributed by atoms with Crippen LogP contribution in [0.15, 0.2) is 0 Å². The predicted molar refractivity (Wildman–Crippen MR) is 75.8 cm³/mol. The number of hydrogen-bond donors (Lipinski definition) is 3. The van der Waals surface area contributed by atoms with Crippen LogP contribution in [-0.2, 0) is 4.79 Å². The van der Waals surface area contributed by atoms with Gasteiger partial charge in [0.2, 0.25) is 5.91 Å². The molecule has 1 saturated carbocycles. The Morgan fingerprint density at radius 3 is 2.84 bits per heavy atom. The summed E-state index contributed by atoms with van der Waals surface area (Å²) in [7, 11) is 0. The van der Waals surface area contributed by atoms with Crippen LogP contribution in [0.4, 0.5) is 0 Å². The average Bonchev–Trinajstić information content (AvgIpc) is 2.64. The van der Waals surface area contributed by atoms with Crippen molar-refractivity contribution in [3.8, 4) is 0 Å². The number of amides is 1. The van der Waals surface area contributed by atoms with Gasteiger partial charge in [0, 0.05) is 0 Å². The van der Waals surface area contributed by atoms with Crippen molar-refractivity contribution in [2.45, 2.75) is 76.5 Å². The fraction of sp³-hybridized carbons (Fsp3) is 0.933. The second-order valence-electron chi connectivity index (χ2n) is 6.13. The third kappa shape index (κ3) is 4.18. The summed E-state index contributed by atoms with van der Waals surface area (Å²) in [6.45, 7) is 3.13. The zero-order valence-electron chi connectivity index (χ0n) is 12.0. The van der Waals surface area contributed by atoms with Crippen LogP contribution in [0.2, 0.25) is 0 Å². The van der Waals surface area contributed by atoms with Gasteiger partial charge >= 0.3 is 0 Å². The summed E-state index contributed by atoms with van der Waals surface area (Å²) in [5.41, 5.74) is 0. The Labute approximate surface area is 116 Å². The molecular formula is C15H28N2O2. The van der Waals surface area contributed by atoms with Crippen molar-refractivity contribution in [1.82, 2.24) is 10.6 Å². The smallest absolute Gasteiger partial charge is 0.237 e. The maximum absolute atomic E-state index is 12.3. The first kappa shape index (κ1) is 14.8. The van der Waals surface area contributed by atoms with Gasteiger partial charge < -0.3 is 15.7 Å². The van der Waals surface area contributed by atoms with Crippen molar-refractivity contribution in [2.75, 3.05) is 6.54 Å². The number of aliphatic hydroxyl groups excluding tert-OH is 1. The largest absolute Gasteiger partial charge is 0.391 e. The van der Waals surface area contributed by atoms with Crippen molar-refractivity contribution in [1.29, 1.82) is 0 Å². The van der Waals surface area contributed by atoms with Gasteiger partial charge in [-0.2, -0.15) is 0 Å². The van der Waals surface area contributed by atoms with E-state index < -0.39 is 0 Å². The summed E-state index contributed by atoms with van der Waals surface area (Å²) >= 11 is 0. The summed E-state index contributed by atoms with van der Waals surface area (Å²) in [5, 5.41) is 16.4. The molecule has 1 saturated heterocycles. The fourth-order valence-corrected chi connectivity index (χ4v) is 3.31. The van der Waals surface area contributed by atoms with Crippen LogP contribution < -0.4 is 10.6 Å². The minimum atomic E-state index is -0.364. The number of nitrogens with one attached hydrogen (secondary N) is 2. The van der Waals surface area contributed by atoms with Crippen molar-refractivity contribution >= 4 is 5.91 Å². The van der Waals surface area contributed by atoms with E-state index in [1.165, 1.54) is 12.8 Å². The number of hydrogen-bond acceptors (Lipinski definition) is 3. The molecule has 0 aromatic rings. The van der Waals surface area contributed by atoms with Gasteiger partial charge in [0.25, 0.3) is 0 Å². The molecule has 0 radical (unpaired) electrons. The molecule has 4 unspecified atom stereocenters. The van der Waals surface area contributed by atoms with Gasteiger partial charge in [-0.15, -0.1) is 0 Å². The van der Waals surface area contributed by atoms with Gasteiger partial charge in [-0.3, -0.25) is 4.79 Å². The lowest BCUT2D eigenvalue weighted by molar-refractivity contribution is -0.125. The van der Waals surface area contributed by atoms with Crippen molar-refractivity contribution in [2.24, 2.45) is 5.92 Å². The highest BCUT2D eigenvalue weighted by molar-refractivity contribution is 5.82. The second kappa shape index (κ2) is 7.25. The van der Waals surface area contributed by atoms with Gasteiger partial charge in [0.1, 0.15) is 0 Å². The van der Waals surface area contributed by atoms with E-state index >= 15 is 0 Å². The van der Waals surface area contributed by atoms with E-state index in [4.69, 9.17) is 0 Å². The molecule has 2 rings (SSSR count). The molecular weight excluding hydrogens is 240 g/mol. The number of rotatable bonds is 3. The zero-order valence-corrected chi connectivity index (χ0v) is 12.0. The third-order valence-electron chi connectivity index (χ3n) is 4.71. The summed E-state index contributed by atoms with van der Waals surface area (Å²) in [6.07, 6.45) is 7.98. The van der Waals surface area contributed by atoms with E-state index in [9.17, 15) is 9.90 Å². The van der Waals surface area contributed by atoms with Gasteiger partial charge in [-0.05, 0) is 38.1 Å². The second-order valence-corrected chi connectivity index (χ2v) is 6.13. The summed E-state index contributed by atoms with van der Waals surface area (Å²) < 4.78 is 0. The monoisotopic (exact) mass is 268 g/mol. The molecule has 4 heteroatoms. The molecule has 4 nitrogen and oxygen atoms in total. The first-order valence-electron chi connectivity index (χ1n) is 7.92. The van der Waals surface area contributed by atoms with Crippen molar-refractivity contribution in [3.63, 3.8) is 0 Å². The van der Waals surface area contributed by atoms with Crippen LogP contribution in [0, 0.1) is 5.92 Å². The van der Waals surface area contributed by atoms with E-state index in [0.29, 0.717) is 5.92 Å². The molecule has 3 N–H and O–H groups in total. The summed E-state index contributed by atoms with van der Waals surface area (Å²) in [6, 6.07) is -0.104. The Morgan fingerprint density at radius 2 is 2.05 bits per heavy atom. The van der Waals surface area contributed by atoms with E-state index in [2.05, 4.69) is 17.6 Å². The van der Waals surface area contributed by atoms with Crippen LogP contribution in [0.3, 0.4) is 0 Å². The molecule has 4 atom stereocenters. The lowest BCUT2D eigenvalue weighted by Gasteiger charge is -2.31. The molecule has 1 aliphatic carbocycles. The van der Waals surface area contributed by atoms with Crippen LogP contribution in [0.1, 0.15) is 58.3 Å². The maximum Gasteiger partial charge on any atom is 0.237 e. The van der Waals surface area contributed by atoms with Crippen LogP contribution in [-0.4, -0.2) is 35.7 Å². The lowest BCUT2D eigenvalue weighted by atomic mass is 9.90. The van der Waals surface area contributed by atoms with E-state index in [1.807, 2.05) is 0 Å². The topological polar surface area (TPSA) is 61.4 Å². The fourth-order valence-electron chi connectivity index (χ4n) is 3.31. The lowest BCUT2D eigenvalue weighted by Crippen LogP contribution is -2.53. The van der Waals surface area contributed by atoms with Gasteiger partial charge in [0.05, 0.1) is 18.2 Å². The minimum absolute atomic E-state index is 0.0428. The van der Waals surface area contributed by atoms with Crippen LogP contribution >= 0.6 is 0 Å². The molecule has 0 aromatic carbocycles. The van der Waals surface area contributed by atoms with Crippen molar-refractivity contribution in [3.05, 3.63) is 0 Å². The molecule has 110 valence electrons. The SMILES string of the molecule is CCC1CCNC(C(=O)NC2CCCCCC2O)C1. The normalized spacial score (nSPS) is 36.5. The van der Waals surface area contributed by atoms with Crippen LogP contribution in [0.25, 0.3) is 0 Å². The first-order chi connectivity index (χ1) is 9.20. The van der Waals surface area contributed by atoms with E-state index in [0.717, 1.165) is 45.1 Å². The third-order valence-corrected chi connectivity index (χ3v) is 4.71. The summed E-state index contributed by atoms with van der Waals surface area (Å²) in [5.74, 6) is 0.750. The number of carbonyl (C=O) groups is 1. The molecule has 2 fully saturated rings. The Morgan fingerprint density at radius 1 is 1.26 bits per heavy atom. The predicted octanol–water partition coefficient (Wildman–Crippen LogP) is 1.57. The molecule has 0 spiro atoms. The first-order valence-corrected chi connectivity index (χ1v) is 7.92. The highest BCUT2D eigenvalue weighted by Crippen LogP contribution is 2.21. The molecule has 2 aliphatic rings. The number of aliphatic hydroxyl groups is 1. The maximum atomic E-state index is 12.3. The Balaban J connectivity index is 1.85. The molecule has 19 heavy (non-hydrogen) atoms. The molecule has 0 bridgehead atoms. The minimum Gasteiger partial charge on any atom is -0.391 e. The standard InChI is InChI=1S/C15H28N2O2/c1-2-11-8-9-16-13(10-11)15(19)17-12-6-4-3-5-7-14(12)18/h11-14,16,18H,2-10H2,1H3,(H,17,19). The Hall–Kier alpha value is -0.610. The quantitative estimate of drug-likeness (QED) is 0.681. The molecule has 1 amide bonds. The van der Waals surface area contributed by atoms with Gasteiger partial charge in [0.15, 0.2) is 0 Å². The van der Waals surface area contributed by atoms with Crippen LogP contribution in [0.5, 0.6) is 0 Å². The Kier molecular flexibility index (Phi) is 5.64. The summed E-state index contributed by atoms with van der Waals surface area (Å²) in [4.78, 5) is 12.3. The molecule has 0 aromatic heterocycles. The molecule has 1 heterocycles. The number of carbonyl (C=O) groups excluding carboxylic acids is 1. The zero-order chi connectivity index (χ0) is 13.7. The van der Waals surface area contributed by atoms with Gasteiger partial charge in [-0.25, -0.2) is 0 Å². The Bertz CT molecular complexity index is 296. The van der Waals surface area contributed by atoms with Crippen molar-refractivity contribution < 1.29 is 9.90 Å². The molecule has 1 aliphatic heterocycles. The van der Waals surface area contributed by atoms with Gasteiger partial charge in [-0.1, -0.05) is 32.6 Å². The highest BCUT2D eigenvalue weighted by Gasteiger charge is 2.29. The van der Waals surface area contributed by atoms with E-state index in [1.54, 1.807) is 0 Å². The highest BCUT2D eigenvalue weighted by atomic mass is 16.3. The number of piperidine rings is 1. The van der Waals surface area contributed by atoms with E-state index in [-0.39, 0.29) is 24.1 Å².